The largest absolute Gasteiger partial charge is 0.354 e. The number of piperidine rings is 1. The van der Waals surface area contributed by atoms with Gasteiger partial charge in [0.2, 0.25) is 5.91 Å². The van der Waals surface area contributed by atoms with Gasteiger partial charge in [-0.3, -0.25) is 9.69 Å². The predicted octanol–water partition coefficient (Wildman–Crippen LogP) is -0.0670. The predicted molar refractivity (Wildman–Crippen MR) is 66.0 cm³/mol. The van der Waals surface area contributed by atoms with Crippen LogP contribution in [0, 0.1) is 23.2 Å². The van der Waals surface area contributed by atoms with Gasteiger partial charge in [0.15, 0.2) is 0 Å². The summed E-state index contributed by atoms with van der Waals surface area (Å²) in [5.74, 6) is 1.15. The quantitative estimate of drug-likeness (QED) is 0.657. The Labute approximate surface area is 103 Å². The molecule has 2 atom stereocenters. The minimum Gasteiger partial charge on any atom is -0.354 e. The number of hydrogen-bond donors (Lipinski definition) is 2. The molecule has 1 saturated heterocycles. The Bertz CT molecular complexity index is 287. The number of nitriles is 1. The van der Waals surface area contributed by atoms with Crippen LogP contribution in [0.1, 0.15) is 19.8 Å². The molecule has 0 aromatic rings. The van der Waals surface area contributed by atoms with Crippen molar-refractivity contribution in [1.82, 2.24) is 10.2 Å². The number of nitrogens with two attached hydrogens (primary N) is 1. The molecule has 2 unspecified atom stereocenters. The zero-order valence-electron chi connectivity index (χ0n) is 10.5. The van der Waals surface area contributed by atoms with Crippen molar-refractivity contribution in [1.29, 1.82) is 5.26 Å². The van der Waals surface area contributed by atoms with Gasteiger partial charge in [0.05, 0.1) is 19.0 Å². The summed E-state index contributed by atoms with van der Waals surface area (Å²) in [7, 11) is 0. The summed E-state index contributed by atoms with van der Waals surface area (Å²) >= 11 is 0. The van der Waals surface area contributed by atoms with Crippen molar-refractivity contribution in [3.8, 4) is 6.07 Å². The van der Waals surface area contributed by atoms with Gasteiger partial charge in [-0.05, 0) is 31.3 Å². The van der Waals surface area contributed by atoms with Crippen LogP contribution in [-0.2, 0) is 4.79 Å². The van der Waals surface area contributed by atoms with Crippen molar-refractivity contribution in [3.63, 3.8) is 0 Å². The van der Waals surface area contributed by atoms with Gasteiger partial charge < -0.3 is 11.1 Å². The van der Waals surface area contributed by atoms with E-state index in [9.17, 15) is 4.79 Å². The number of nitrogens with one attached hydrogen (secondary N) is 1. The molecule has 3 N–H and O–H groups in total. The fourth-order valence-corrected chi connectivity index (χ4v) is 2.19. The van der Waals surface area contributed by atoms with Gasteiger partial charge in [0.25, 0.3) is 0 Å². The van der Waals surface area contributed by atoms with Crippen molar-refractivity contribution in [2.75, 3.05) is 32.7 Å². The van der Waals surface area contributed by atoms with Crippen LogP contribution in [0.25, 0.3) is 0 Å². The Kier molecular flexibility index (Phi) is 5.95. The molecule has 0 saturated carbocycles. The molecule has 1 amide bonds. The molecule has 0 aliphatic carbocycles. The van der Waals surface area contributed by atoms with Crippen LogP contribution in [0.2, 0.25) is 0 Å². The van der Waals surface area contributed by atoms with Crippen LogP contribution in [-0.4, -0.2) is 43.5 Å². The molecule has 5 heteroatoms. The van der Waals surface area contributed by atoms with Gasteiger partial charge in [0, 0.05) is 13.1 Å². The fraction of sp³-hybridized carbons (Fsp3) is 0.833. The minimum atomic E-state index is 0.00516. The lowest BCUT2D eigenvalue weighted by Crippen LogP contribution is -2.46. The van der Waals surface area contributed by atoms with E-state index in [2.05, 4.69) is 17.1 Å². The van der Waals surface area contributed by atoms with E-state index >= 15 is 0 Å². The number of amides is 1. The number of carbonyl (C=O) groups is 1. The van der Waals surface area contributed by atoms with E-state index in [1.165, 1.54) is 0 Å². The summed E-state index contributed by atoms with van der Waals surface area (Å²) in [6.07, 6.45) is 1.47. The highest BCUT2D eigenvalue weighted by atomic mass is 16.2. The molecule has 0 spiro atoms. The Morgan fingerprint density at radius 2 is 2.41 bits per heavy atom. The lowest BCUT2D eigenvalue weighted by molar-refractivity contribution is -0.122. The van der Waals surface area contributed by atoms with Crippen LogP contribution in [0.4, 0.5) is 0 Å². The Morgan fingerprint density at radius 1 is 1.65 bits per heavy atom. The first-order valence-corrected chi connectivity index (χ1v) is 6.23. The molecule has 17 heavy (non-hydrogen) atoms. The van der Waals surface area contributed by atoms with Crippen LogP contribution in [0.15, 0.2) is 0 Å². The van der Waals surface area contributed by atoms with E-state index in [0.29, 0.717) is 37.9 Å². The van der Waals surface area contributed by atoms with Crippen LogP contribution >= 0.6 is 0 Å². The average Bonchev–Trinajstić information content (AvgIpc) is 2.32. The summed E-state index contributed by atoms with van der Waals surface area (Å²) in [6.45, 7) is 5.65. The molecule has 1 heterocycles. The molecule has 5 nitrogen and oxygen atoms in total. The lowest BCUT2D eigenvalue weighted by Gasteiger charge is -2.36. The van der Waals surface area contributed by atoms with Gasteiger partial charge in [0.1, 0.15) is 0 Å². The van der Waals surface area contributed by atoms with Crippen LogP contribution < -0.4 is 11.1 Å². The summed E-state index contributed by atoms with van der Waals surface area (Å²) in [5.41, 5.74) is 5.72. The maximum atomic E-state index is 11.6. The second-order valence-electron chi connectivity index (χ2n) is 4.75. The monoisotopic (exact) mass is 238 g/mol. The molecule has 1 fully saturated rings. The minimum absolute atomic E-state index is 0.00516. The molecule has 1 aliphatic rings. The van der Waals surface area contributed by atoms with Crippen LogP contribution in [0.5, 0.6) is 0 Å². The van der Waals surface area contributed by atoms with Crippen molar-refractivity contribution in [3.05, 3.63) is 0 Å². The first-order valence-electron chi connectivity index (χ1n) is 6.23. The Balaban J connectivity index is 2.27. The van der Waals surface area contributed by atoms with E-state index in [0.717, 1.165) is 19.5 Å². The first kappa shape index (κ1) is 13.9. The summed E-state index contributed by atoms with van der Waals surface area (Å²) in [5, 5.41) is 11.1. The smallest absolute Gasteiger partial charge is 0.234 e. The second-order valence-corrected chi connectivity index (χ2v) is 4.75. The van der Waals surface area contributed by atoms with Gasteiger partial charge in [-0.1, -0.05) is 6.92 Å². The van der Waals surface area contributed by atoms with E-state index in [4.69, 9.17) is 11.0 Å². The molecule has 0 bridgehead atoms. The number of rotatable bonds is 5. The molecular weight excluding hydrogens is 216 g/mol. The first-order chi connectivity index (χ1) is 8.17. The van der Waals surface area contributed by atoms with Crippen molar-refractivity contribution in [2.24, 2.45) is 17.6 Å². The normalized spacial score (nSPS) is 25.2. The molecule has 1 rings (SSSR count). The van der Waals surface area contributed by atoms with Gasteiger partial charge in [-0.15, -0.1) is 0 Å². The number of hydrogen-bond acceptors (Lipinski definition) is 4. The van der Waals surface area contributed by atoms with Crippen molar-refractivity contribution >= 4 is 5.91 Å². The Hall–Kier alpha value is -1.12. The van der Waals surface area contributed by atoms with Gasteiger partial charge >= 0.3 is 0 Å². The third-order valence-corrected chi connectivity index (χ3v) is 3.43. The molecule has 0 aromatic carbocycles. The second kappa shape index (κ2) is 7.25. The van der Waals surface area contributed by atoms with E-state index < -0.39 is 0 Å². The van der Waals surface area contributed by atoms with Crippen LogP contribution in [0.3, 0.4) is 0 Å². The third-order valence-electron chi connectivity index (χ3n) is 3.43. The molecule has 1 aliphatic heterocycles. The topological polar surface area (TPSA) is 82.2 Å². The fourth-order valence-electron chi connectivity index (χ4n) is 2.19. The lowest BCUT2D eigenvalue weighted by atomic mass is 9.87. The zero-order chi connectivity index (χ0) is 12.7. The highest BCUT2D eigenvalue weighted by molar-refractivity contribution is 5.78. The summed E-state index contributed by atoms with van der Waals surface area (Å²) in [4.78, 5) is 13.7. The van der Waals surface area contributed by atoms with Crippen molar-refractivity contribution in [2.45, 2.75) is 19.8 Å². The van der Waals surface area contributed by atoms with E-state index in [1.54, 1.807) is 0 Å². The Morgan fingerprint density at radius 3 is 3.06 bits per heavy atom. The number of carbonyl (C=O) groups excluding carboxylic acids is 1. The van der Waals surface area contributed by atoms with Gasteiger partial charge in [-0.25, -0.2) is 0 Å². The number of likely N-dealkylation sites (tertiary alicyclic amines) is 1. The van der Waals surface area contributed by atoms with Gasteiger partial charge in [-0.2, -0.15) is 5.26 Å². The molecule has 0 aromatic heterocycles. The number of nitrogens with zero attached hydrogens (tertiary/aromatic N) is 2. The summed E-state index contributed by atoms with van der Waals surface area (Å²) < 4.78 is 0. The standard InChI is InChI=1S/C12H22N4O/c1-10-3-6-16(8-11(10)7-14)9-12(17)15-5-2-4-13/h10-11H,2-3,5-9,14H2,1H3,(H,15,17). The zero-order valence-corrected chi connectivity index (χ0v) is 10.5. The molecule has 0 radical (unpaired) electrons. The van der Waals surface area contributed by atoms with E-state index in [1.807, 2.05) is 6.07 Å². The van der Waals surface area contributed by atoms with Crippen molar-refractivity contribution < 1.29 is 4.79 Å². The maximum absolute atomic E-state index is 11.6. The summed E-state index contributed by atoms with van der Waals surface area (Å²) in [6, 6.07) is 2.00. The van der Waals surface area contributed by atoms with E-state index in [-0.39, 0.29) is 5.91 Å². The highest BCUT2D eigenvalue weighted by Crippen LogP contribution is 2.21. The average molecular weight is 238 g/mol. The third kappa shape index (κ3) is 4.72. The maximum Gasteiger partial charge on any atom is 0.234 e. The highest BCUT2D eigenvalue weighted by Gasteiger charge is 2.25. The SMILES string of the molecule is CC1CCN(CC(=O)NCCC#N)CC1CN. The molecular formula is C12H22N4O. The molecule has 96 valence electrons.